The van der Waals surface area contributed by atoms with Gasteiger partial charge in [0.2, 0.25) is 16.9 Å². The predicted molar refractivity (Wildman–Crippen MR) is 76.2 cm³/mol. The number of fused-ring (bicyclic) bond motifs is 1. The Hall–Kier alpha value is -3.35. The molecule has 3 aromatic rings. The molecule has 22 heavy (non-hydrogen) atoms. The molecule has 0 saturated heterocycles. The van der Waals surface area contributed by atoms with Crippen molar-refractivity contribution < 1.29 is 29.9 Å². The summed E-state index contributed by atoms with van der Waals surface area (Å²) in [4.78, 5) is 12.1. The minimum Gasteiger partial charge on any atom is -0.507 e. The fourth-order valence-corrected chi connectivity index (χ4v) is 2.15. The van der Waals surface area contributed by atoms with Gasteiger partial charge in [-0.15, -0.1) is 0 Å². The van der Waals surface area contributed by atoms with Gasteiger partial charge in [0.25, 0.3) is 0 Å². The Balaban J connectivity index is 2.41. The molecule has 7 heteroatoms. The van der Waals surface area contributed by atoms with E-state index >= 15 is 0 Å². The Morgan fingerprint density at radius 2 is 1.50 bits per heavy atom. The van der Waals surface area contributed by atoms with Gasteiger partial charge in [-0.2, -0.15) is 0 Å². The molecule has 0 saturated carbocycles. The molecule has 0 spiro atoms. The van der Waals surface area contributed by atoms with Crippen LogP contribution in [0.5, 0.6) is 28.7 Å². The van der Waals surface area contributed by atoms with Crippen LogP contribution in [0.3, 0.4) is 0 Å². The van der Waals surface area contributed by atoms with E-state index in [0.717, 1.165) is 12.1 Å². The van der Waals surface area contributed by atoms with Crippen LogP contribution in [0, 0.1) is 0 Å². The summed E-state index contributed by atoms with van der Waals surface area (Å²) < 4.78 is 5.35. The van der Waals surface area contributed by atoms with Crippen LogP contribution in [0.15, 0.2) is 39.5 Å². The molecular weight excluding hydrogens is 292 g/mol. The summed E-state index contributed by atoms with van der Waals surface area (Å²) in [5.74, 6) is -3.72. The number of hydrogen-bond donors (Lipinski definition) is 5. The van der Waals surface area contributed by atoms with E-state index in [-0.39, 0.29) is 22.3 Å². The minimum atomic E-state index is -0.888. The van der Waals surface area contributed by atoms with Crippen LogP contribution >= 0.6 is 0 Å². The molecule has 0 aliphatic heterocycles. The van der Waals surface area contributed by atoms with Gasteiger partial charge < -0.3 is 29.9 Å². The third kappa shape index (κ3) is 1.80. The molecule has 0 atom stereocenters. The van der Waals surface area contributed by atoms with Gasteiger partial charge in [0.1, 0.15) is 16.7 Å². The van der Waals surface area contributed by atoms with E-state index in [9.17, 15) is 30.3 Å². The lowest BCUT2D eigenvalue weighted by Crippen LogP contribution is -2.02. The number of phenols is 4. The lowest BCUT2D eigenvalue weighted by atomic mass is 10.1. The first-order valence-electron chi connectivity index (χ1n) is 6.14. The summed E-state index contributed by atoms with van der Waals surface area (Å²) >= 11 is 0. The van der Waals surface area contributed by atoms with Gasteiger partial charge in [-0.05, 0) is 24.3 Å². The molecule has 3 rings (SSSR count). The Kier molecular flexibility index (Phi) is 2.84. The van der Waals surface area contributed by atoms with Gasteiger partial charge >= 0.3 is 0 Å². The number of aromatic hydroxyl groups is 5. The van der Waals surface area contributed by atoms with Gasteiger partial charge in [0, 0.05) is 0 Å². The highest BCUT2D eigenvalue weighted by atomic mass is 16.4. The zero-order chi connectivity index (χ0) is 16.0. The van der Waals surface area contributed by atoms with Crippen molar-refractivity contribution in [3.8, 4) is 40.1 Å². The molecule has 0 fully saturated rings. The van der Waals surface area contributed by atoms with E-state index in [1.54, 1.807) is 0 Å². The average Bonchev–Trinajstić information content (AvgIpc) is 2.49. The van der Waals surface area contributed by atoms with Crippen molar-refractivity contribution in [3.63, 3.8) is 0 Å². The van der Waals surface area contributed by atoms with Crippen molar-refractivity contribution in [3.05, 3.63) is 40.6 Å². The standard InChI is InChI=1S/C15H10O7/c16-7-2-1-3-9-10(7)13(20)14(21)15(22-9)6-4-5-8(17)12(19)11(6)18/h1-5,16-19,21H. The normalized spacial score (nSPS) is 10.9. The van der Waals surface area contributed by atoms with E-state index in [4.69, 9.17) is 4.42 Å². The topological polar surface area (TPSA) is 131 Å². The minimum absolute atomic E-state index is 0.00948. The van der Waals surface area contributed by atoms with Crippen LogP contribution in [0.2, 0.25) is 0 Å². The van der Waals surface area contributed by atoms with Gasteiger partial charge in [-0.25, -0.2) is 0 Å². The Morgan fingerprint density at radius 1 is 0.773 bits per heavy atom. The summed E-state index contributed by atoms with van der Waals surface area (Å²) in [5.41, 5.74) is -1.08. The second kappa shape index (κ2) is 4.59. The van der Waals surface area contributed by atoms with Gasteiger partial charge in [0.15, 0.2) is 17.3 Å². The maximum Gasteiger partial charge on any atom is 0.238 e. The smallest absolute Gasteiger partial charge is 0.238 e. The van der Waals surface area contributed by atoms with Crippen LogP contribution < -0.4 is 5.43 Å². The molecule has 1 aromatic heterocycles. The van der Waals surface area contributed by atoms with E-state index in [2.05, 4.69) is 0 Å². The highest BCUT2D eigenvalue weighted by Gasteiger charge is 2.22. The van der Waals surface area contributed by atoms with Crippen LogP contribution in [0.25, 0.3) is 22.3 Å². The lowest BCUT2D eigenvalue weighted by molar-refractivity contribution is 0.367. The van der Waals surface area contributed by atoms with Gasteiger partial charge in [0.05, 0.1) is 5.56 Å². The number of rotatable bonds is 1. The van der Waals surface area contributed by atoms with Crippen molar-refractivity contribution in [1.29, 1.82) is 0 Å². The predicted octanol–water partition coefficient (Wildman–Crippen LogP) is 1.99. The third-order valence-electron chi connectivity index (χ3n) is 3.25. The molecule has 0 amide bonds. The van der Waals surface area contributed by atoms with Gasteiger partial charge in [-0.1, -0.05) is 6.07 Å². The lowest BCUT2D eigenvalue weighted by Gasteiger charge is -2.09. The quantitative estimate of drug-likeness (QED) is 0.434. The maximum absolute atomic E-state index is 12.1. The molecule has 7 nitrogen and oxygen atoms in total. The summed E-state index contributed by atoms with van der Waals surface area (Å²) in [7, 11) is 0. The second-order valence-electron chi connectivity index (χ2n) is 4.59. The number of benzene rings is 2. The van der Waals surface area contributed by atoms with Crippen molar-refractivity contribution in [1.82, 2.24) is 0 Å². The van der Waals surface area contributed by atoms with Crippen molar-refractivity contribution >= 4 is 11.0 Å². The summed E-state index contributed by atoms with van der Waals surface area (Å²) in [6.45, 7) is 0. The highest BCUT2D eigenvalue weighted by Crippen LogP contribution is 2.44. The number of hydrogen-bond acceptors (Lipinski definition) is 7. The molecule has 0 aliphatic carbocycles. The molecule has 112 valence electrons. The van der Waals surface area contributed by atoms with Gasteiger partial charge in [-0.3, -0.25) is 4.79 Å². The first-order chi connectivity index (χ1) is 10.4. The second-order valence-corrected chi connectivity index (χ2v) is 4.59. The molecule has 0 bridgehead atoms. The summed E-state index contributed by atoms with van der Waals surface area (Å²) in [6, 6.07) is 6.34. The number of phenolic OH excluding ortho intramolecular Hbond substituents is 4. The molecule has 0 unspecified atom stereocenters. The summed E-state index contributed by atoms with van der Waals surface area (Å²) in [6.07, 6.45) is 0. The zero-order valence-corrected chi connectivity index (χ0v) is 10.9. The fourth-order valence-electron chi connectivity index (χ4n) is 2.15. The molecule has 0 radical (unpaired) electrons. The first kappa shape index (κ1) is 13.6. The van der Waals surface area contributed by atoms with Crippen LogP contribution in [-0.2, 0) is 0 Å². The average molecular weight is 302 g/mol. The maximum atomic E-state index is 12.1. The molecule has 2 aromatic carbocycles. The third-order valence-corrected chi connectivity index (χ3v) is 3.25. The molecular formula is C15H10O7. The zero-order valence-electron chi connectivity index (χ0n) is 10.9. The first-order valence-corrected chi connectivity index (χ1v) is 6.14. The molecule has 1 heterocycles. The summed E-state index contributed by atoms with van der Waals surface area (Å²) in [5, 5.41) is 48.1. The van der Waals surface area contributed by atoms with E-state index in [0.29, 0.717) is 0 Å². The Labute approximate surface area is 122 Å². The van der Waals surface area contributed by atoms with Crippen LogP contribution in [-0.4, -0.2) is 25.5 Å². The monoisotopic (exact) mass is 302 g/mol. The van der Waals surface area contributed by atoms with Crippen LogP contribution in [0.4, 0.5) is 0 Å². The molecule has 5 N–H and O–H groups in total. The SMILES string of the molecule is O=c1c(O)c(-c2ccc(O)c(O)c2O)oc2cccc(O)c12. The van der Waals surface area contributed by atoms with E-state index < -0.39 is 34.2 Å². The highest BCUT2D eigenvalue weighted by molar-refractivity contribution is 5.88. The van der Waals surface area contributed by atoms with Crippen molar-refractivity contribution in [2.75, 3.05) is 0 Å². The molecule has 0 aliphatic rings. The largest absolute Gasteiger partial charge is 0.507 e. The van der Waals surface area contributed by atoms with Crippen molar-refractivity contribution in [2.24, 2.45) is 0 Å². The van der Waals surface area contributed by atoms with Crippen molar-refractivity contribution in [2.45, 2.75) is 0 Å². The van der Waals surface area contributed by atoms with E-state index in [1.807, 2.05) is 0 Å². The Bertz CT molecular complexity index is 956. The Morgan fingerprint density at radius 3 is 2.23 bits per heavy atom. The van der Waals surface area contributed by atoms with E-state index in [1.165, 1.54) is 18.2 Å². The fraction of sp³-hybridized carbons (Fsp3) is 0. The van der Waals surface area contributed by atoms with Crippen LogP contribution in [0.1, 0.15) is 0 Å².